The van der Waals surface area contributed by atoms with Crippen LogP contribution in [0.15, 0.2) is 37.1 Å². The Morgan fingerprint density at radius 1 is 1.38 bits per heavy atom. The van der Waals surface area contributed by atoms with Gasteiger partial charge in [0, 0.05) is 31.7 Å². The lowest BCUT2D eigenvalue weighted by molar-refractivity contribution is 0.660. The second-order valence-corrected chi connectivity index (χ2v) is 3.80. The van der Waals surface area contributed by atoms with Gasteiger partial charge in [-0.2, -0.15) is 0 Å². The van der Waals surface area contributed by atoms with Gasteiger partial charge in [-0.15, -0.1) is 0 Å². The number of anilines is 1. The number of aromatic nitrogens is 3. The predicted octanol–water partition coefficient (Wildman–Crippen LogP) is 2.09. The van der Waals surface area contributed by atoms with Gasteiger partial charge in [-0.25, -0.2) is 9.97 Å². The number of pyridine rings is 1. The molecule has 0 aromatic carbocycles. The minimum atomic E-state index is 0.925. The number of hydrogen-bond donors (Lipinski definition) is 1. The molecule has 2 aromatic rings. The first kappa shape index (κ1) is 10.7. The summed E-state index contributed by atoms with van der Waals surface area (Å²) in [5.74, 6) is 0.941. The normalized spacial score (nSPS) is 10.3. The molecule has 0 aliphatic rings. The molecule has 0 aliphatic heterocycles. The number of aryl methyl sites for hydroxylation is 2. The third-order valence-electron chi connectivity index (χ3n) is 2.37. The van der Waals surface area contributed by atoms with E-state index in [0.717, 1.165) is 25.3 Å². The molecule has 2 rings (SSSR count). The molecule has 2 aromatic heterocycles. The van der Waals surface area contributed by atoms with Gasteiger partial charge in [0.1, 0.15) is 5.82 Å². The Morgan fingerprint density at radius 3 is 3.00 bits per heavy atom. The van der Waals surface area contributed by atoms with E-state index >= 15 is 0 Å². The highest BCUT2D eigenvalue weighted by Crippen LogP contribution is 2.03. The fourth-order valence-electron chi connectivity index (χ4n) is 1.47. The van der Waals surface area contributed by atoms with Crippen molar-refractivity contribution in [3.63, 3.8) is 0 Å². The van der Waals surface area contributed by atoms with Crippen molar-refractivity contribution in [2.24, 2.45) is 0 Å². The van der Waals surface area contributed by atoms with E-state index in [1.54, 1.807) is 6.20 Å². The van der Waals surface area contributed by atoms with Crippen molar-refractivity contribution in [1.29, 1.82) is 0 Å². The maximum Gasteiger partial charge on any atom is 0.125 e. The average Bonchev–Trinajstić information content (AvgIpc) is 2.80. The molecule has 2 heterocycles. The average molecular weight is 216 g/mol. The smallest absolute Gasteiger partial charge is 0.125 e. The second-order valence-electron chi connectivity index (χ2n) is 3.80. The fraction of sp³-hybridized carbons (Fsp3) is 0.333. The van der Waals surface area contributed by atoms with E-state index in [9.17, 15) is 0 Å². The summed E-state index contributed by atoms with van der Waals surface area (Å²) in [5.41, 5.74) is 1.18. The van der Waals surface area contributed by atoms with Crippen LogP contribution in [0.4, 0.5) is 5.82 Å². The van der Waals surface area contributed by atoms with E-state index in [0.29, 0.717) is 0 Å². The lowest BCUT2D eigenvalue weighted by Crippen LogP contribution is -2.06. The quantitative estimate of drug-likeness (QED) is 0.778. The number of rotatable bonds is 5. The van der Waals surface area contributed by atoms with E-state index in [2.05, 4.69) is 25.9 Å². The standard InChI is InChI=1S/C12H16N4/c1-11-3-4-12(15-9-11)14-5-2-7-16-8-6-13-10-16/h3-4,6,8-10H,2,5,7H2,1H3,(H,14,15). The van der Waals surface area contributed by atoms with Gasteiger partial charge in [-0.3, -0.25) is 0 Å². The second kappa shape index (κ2) is 5.30. The SMILES string of the molecule is Cc1ccc(NCCCn2ccnc2)nc1. The van der Waals surface area contributed by atoms with E-state index in [-0.39, 0.29) is 0 Å². The monoisotopic (exact) mass is 216 g/mol. The van der Waals surface area contributed by atoms with Crippen LogP contribution < -0.4 is 5.32 Å². The van der Waals surface area contributed by atoms with Crippen LogP contribution in [-0.2, 0) is 6.54 Å². The Morgan fingerprint density at radius 2 is 2.31 bits per heavy atom. The molecule has 0 radical (unpaired) electrons. The van der Waals surface area contributed by atoms with Crippen LogP contribution in [0.5, 0.6) is 0 Å². The topological polar surface area (TPSA) is 42.7 Å². The van der Waals surface area contributed by atoms with Crippen molar-refractivity contribution in [3.05, 3.63) is 42.6 Å². The minimum Gasteiger partial charge on any atom is -0.370 e. The summed E-state index contributed by atoms with van der Waals surface area (Å²) < 4.78 is 2.07. The first-order valence-corrected chi connectivity index (χ1v) is 5.47. The van der Waals surface area contributed by atoms with E-state index in [4.69, 9.17) is 0 Å². The molecule has 84 valence electrons. The van der Waals surface area contributed by atoms with Gasteiger partial charge in [0.25, 0.3) is 0 Å². The van der Waals surface area contributed by atoms with E-state index in [1.807, 2.05) is 31.7 Å². The summed E-state index contributed by atoms with van der Waals surface area (Å²) in [6.07, 6.45) is 8.55. The van der Waals surface area contributed by atoms with Crippen molar-refractivity contribution in [1.82, 2.24) is 14.5 Å². The number of hydrogen-bond acceptors (Lipinski definition) is 3. The highest BCUT2D eigenvalue weighted by molar-refractivity contribution is 5.34. The molecule has 4 nitrogen and oxygen atoms in total. The van der Waals surface area contributed by atoms with Crippen molar-refractivity contribution in [2.45, 2.75) is 19.9 Å². The summed E-state index contributed by atoms with van der Waals surface area (Å²) in [5, 5.41) is 3.29. The first-order valence-electron chi connectivity index (χ1n) is 5.47. The summed E-state index contributed by atoms with van der Waals surface area (Å²) in [6.45, 7) is 3.95. The molecular formula is C12H16N4. The molecule has 1 N–H and O–H groups in total. The Labute approximate surface area is 95.4 Å². The van der Waals surface area contributed by atoms with Gasteiger partial charge in [0.05, 0.1) is 6.33 Å². The maximum absolute atomic E-state index is 4.28. The lowest BCUT2D eigenvalue weighted by Gasteiger charge is -2.05. The zero-order chi connectivity index (χ0) is 11.2. The zero-order valence-electron chi connectivity index (χ0n) is 9.43. The number of imidazole rings is 1. The first-order chi connectivity index (χ1) is 7.84. The maximum atomic E-state index is 4.28. The van der Waals surface area contributed by atoms with Crippen LogP contribution in [0.1, 0.15) is 12.0 Å². The fourth-order valence-corrected chi connectivity index (χ4v) is 1.47. The van der Waals surface area contributed by atoms with Crippen LogP contribution in [-0.4, -0.2) is 21.1 Å². The molecule has 0 aliphatic carbocycles. The predicted molar refractivity (Wildman–Crippen MR) is 64.3 cm³/mol. The van der Waals surface area contributed by atoms with Crippen molar-refractivity contribution < 1.29 is 0 Å². The molecule has 0 amide bonds. The van der Waals surface area contributed by atoms with Crippen molar-refractivity contribution in [3.8, 4) is 0 Å². The molecular weight excluding hydrogens is 200 g/mol. The minimum absolute atomic E-state index is 0.925. The lowest BCUT2D eigenvalue weighted by atomic mass is 10.3. The summed E-state index contributed by atoms with van der Waals surface area (Å²) in [7, 11) is 0. The summed E-state index contributed by atoms with van der Waals surface area (Å²) >= 11 is 0. The number of nitrogens with one attached hydrogen (secondary N) is 1. The molecule has 4 heteroatoms. The summed E-state index contributed by atoms with van der Waals surface area (Å²) in [6, 6.07) is 4.07. The molecule has 0 atom stereocenters. The Bertz CT molecular complexity index is 405. The van der Waals surface area contributed by atoms with Crippen LogP contribution in [0, 0.1) is 6.92 Å². The Kier molecular flexibility index (Phi) is 3.53. The van der Waals surface area contributed by atoms with Gasteiger partial charge < -0.3 is 9.88 Å². The third-order valence-corrected chi connectivity index (χ3v) is 2.37. The van der Waals surface area contributed by atoms with Crippen LogP contribution in [0.3, 0.4) is 0 Å². The molecule has 16 heavy (non-hydrogen) atoms. The Balaban J connectivity index is 1.70. The molecule has 0 saturated heterocycles. The molecule has 0 saturated carbocycles. The zero-order valence-corrected chi connectivity index (χ0v) is 9.43. The van der Waals surface area contributed by atoms with Gasteiger partial charge in [0.2, 0.25) is 0 Å². The van der Waals surface area contributed by atoms with Gasteiger partial charge in [0.15, 0.2) is 0 Å². The number of nitrogens with zero attached hydrogens (tertiary/aromatic N) is 3. The highest BCUT2D eigenvalue weighted by atomic mass is 15.0. The largest absolute Gasteiger partial charge is 0.370 e. The van der Waals surface area contributed by atoms with Gasteiger partial charge >= 0.3 is 0 Å². The highest BCUT2D eigenvalue weighted by Gasteiger charge is 1.93. The van der Waals surface area contributed by atoms with Crippen LogP contribution >= 0.6 is 0 Å². The van der Waals surface area contributed by atoms with E-state index < -0.39 is 0 Å². The Hall–Kier alpha value is -1.84. The van der Waals surface area contributed by atoms with Crippen LogP contribution in [0.2, 0.25) is 0 Å². The molecule has 0 fully saturated rings. The van der Waals surface area contributed by atoms with E-state index in [1.165, 1.54) is 5.56 Å². The van der Waals surface area contributed by atoms with Gasteiger partial charge in [-0.1, -0.05) is 6.07 Å². The third kappa shape index (κ3) is 3.08. The molecule has 0 spiro atoms. The van der Waals surface area contributed by atoms with Crippen molar-refractivity contribution >= 4 is 5.82 Å². The van der Waals surface area contributed by atoms with Crippen molar-refractivity contribution in [2.75, 3.05) is 11.9 Å². The van der Waals surface area contributed by atoms with Crippen LogP contribution in [0.25, 0.3) is 0 Å². The summed E-state index contributed by atoms with van der Waals surface area (Å²) in [4.78, 5) is 8.28. The molecule has 0 unspecified atom stereocenters. The molecule has 0 bridgehead atoms. The van der Waals surface area contributed by atoms with Gasteiger partial charge in [-0.05, 0) is 25.0 Å².